The van der Waals surface area contributed by atoms with Crippen molar-refractivity contribution in [3.05, 3.63) is 94.0 Å². The standard InChI is InChI=1S/C24H20N2O2/c1-27-23-14-24(28-2)22(12-18-5-9-20(16-26)10-6-18)13-21(23)11-17-3-7-19(15-25)8-4-17/h3-10,13-14H,11-12H2,1-2H3. The van der Waals surface area contributed by atoms with Crippen LogP contribution in [-0.2, 0) is 12.8 Å². The van der Waals surface area contributed by atoms with E-state index in [-0.39, 0.29) is 0 Å². The van der Waals surface area contributed by atoms with E-state index in [0.29, 0.717) is 24.0 Å². The average Bonchev–Trinajstić information content (AvgIpc) is 2.75. The van der Waals surface area contributed by atoms with E-state index in [1.54, 1.807) is 14.2 Å². The second kappa shape index (κ2) is 8.75. The Balaban J connectivity index is 1.93. The Morgan fingerprint density at radius 1 is 0.643 bits per heavy atom. The Kier molecular flexibility index (Phi) is 5.94. The fraction of sp³-hybridized carbons (Fsp3) is 0.167. The fourth-order valence-electron chi connectivity index (χ4n) is 3.15. The summed E-state index contributed by atoms with van der Waals surface area (Å²) in [6, 6.07) is 23.4. The highest BCUT2D eigenvalue weighted by Crippen LogP contribution is 2.32. The van der Waals surface area contributed by atoms with Gasteiger partial charge in [-0.05, 0) is 52.6 Å². The summed E-state index contributed by atoms with van der Waals surface area (Å²) in [6.45, 7) is 0. The SMILES string of the molecule is COc1cc(OC)c(Cc2ccc(C#N)cc2)cc1Cc1ccc(C#N)cc1. The summed E-state index contributed by atoms with van der Waals surface area (Å²) in [5, 5.41) is 17.9. The van der Waals surface area contributed by atoms with Gasteiger partial charge in [0.1, 0.15) is 11.5 Å². The molecule has 0 unspecified atom stereocenters. The zero-order valence-electron chi connectivity index (χ0n) is 15.9. The molecule has 0 bridgehead atoms. The Hall–Kier alpha value is -3.76. The van der Waals surface area contributed by atoms with Crippen LogP contribution in [0, 0.1) is 22.7 Å². The molecular weight excluding hydrogens is 348 g/mol. The summed E-state index contributed by atoms with van der Waals surface area (Å²) >= 11 is 0. The summed E-state index contributed by atoms with van der Waals surface area (Å²) in [5.74, 6) is 1.54. The van der Waals surface area contributed by atoms with Crippen LogP contribution >= 0.6 is 0 Å². The van der Waals surface area contributed by atoms with Crippen LogP contribution in [0.3, 0.4) is 0 Å². The van der Waals surface area contributed by atoms with E-state index < -0.39 is 0 Å². The molecule has 28 heavy (non-hydrogen) atoms. The van der Waals surface area contributed by atoms with Gasteiger partial charge in [0.15, 0.2) is 0 Å². The number of rotatable bonds is 6. The molecule has 0 aromatic heterocycles. The second-order valence-corrected chi connectivity index (χ2v) is 6.45. The van der Waals surface area contributed by atoms with E-state index in [4.69, 9.17) is 20.0 Å². The molecule has 3 rings (SSSR count). The van der Waals surface area contributed by atoms with E-state index in [1.807, 2.05) is 54.6 Å². The molecule has 0 radical (unpaired) electrons. The lowest BCUT2D eigenvalue weighted by molar-refractivity contribution is 0.389. The van der Waals surface area contributed by atoms with Crippen LogP contribution in [0.4, 0.5) is 0 Å². The number of nitrogens with zero attached hydrogens (tertiary/aromatic N) is 2. The molecule has 0 aliphatic carbocycles. The van der Waals surface area contributed by atoms with Gasteiger partial charge in [0.05, 0.1) is 37.5 Å². The first-order valence-corrected chi connectivity index (χ1v) is 8.88. The lowest BCUT2D eigenvalue weighted by atomic mass is 9.96. The van der Waals surface area contributed by atoms with Crippen molar-refractivity contribution < 1.29 is 9.47 Å². The summed E-state index contributed by atoms with van der Waals surface area (Å²) in [5.41, 5.74) is 5.60. The molecule has 0 atom stereocenters. The maximum Gasteiger partial charge on any atom is 0.126 e. The Labute approximate surface area is 165 Å². The molecule has 4 nitrogen and oxygen atoms in total. The van der Waals surface area contributed by atoms with Gasteiger partial charge in [-0.3, -0.25) is 0 Å². The van der Waals surface area contributed by atoms with Crippen LogP contribution in [0.1, 0.15) is 33.4 Å². The molecular formula is C24H20N2O2. The zero-order chi connectivity index (χ0) is 19.9. The van der Waals surface area contributed by atoms with Crippen LogP contribution < -0.4 is 9.47 Å². The molecule has 138 valence electrons. The fourth-order valence-corrected chi connectivity index (χ4v) is 3.15. The normalized spacial score (nSPS) is 10.0. The molecule has 0 aliphatic heterocycles. The monoisotopic (exact) mass is 368 g/mol. The number of benzene rings is 3. The number of hydrogen-bond acceptors (Lipinski definition) is 4. The number of ether oxygens (including phenoxy) is 2. The van der Waals surface area contributed by atoms with Gasteiger partial charge >= 0.3 is 0 Å². The van der Waals surface area contributed by atoms with E-state index >= 15 is 0 Å². The smallest absolute Gasteiger partial charge is 0.126 e. The summed E-state index contributed by atoms with van der Waals surface area (Å²) in [4.78, 5) is 0. The molecule has 0 amide bonds. The Morgan fingerprint density at radius 2 is 1.04 bits per heavy atom. The van der Waals surface area contributed by atoms with Crippen molar-refractivity contribution in [2.75, 3.05) is 14.2 Å². The first-order chi connectivity index (χ1) is 13.7. The molecule has 0 heterocycles. The molecule has 3 aromatic carbocycles. The molecule has 0 N–H and O–H groups in total. The molecule has 0 saturated heterocycles. The highest BCUT2D eigenvalue weighted by molar-refractivity contribution is 5.50. The summed E-state index contributed by atoms with van der Waals surface area (Å²) in [7, 11) is 3.30. The molecule has 0 aliphatic rings. The lowest BCUT2D eigenvalue weighted by Gasteiger charge is -2.15. The van der Waals surface area contributed by atoms with Crippen molar-refractivity contribution >= 4 is 0 Å². The van der Waals surface area contributed by atoms with E-state index in [0.717, 1.165) is 33.8 Å². The van der Waals surface area contributed by atoms with E-state index in [9.17, 15) is 0 Å². The topological polar surface area (TPSA) is 66.0 Å². The largest absolute Gasteiger partial charge is 0.496 e. The van der Waals surface area contributed by atoms with Crippen LogP contribution in [0.5, 0.6) is 11.5 Å². The molecule has 0 saturated carbocycles. The average molecular weight is 368 g/mol. The maximum absolute atomic E-state index is 8.97. The van der Waals surface area contributed by atoms with Crippen LogP contribution in [0.25, 0.3) is 0 Å². The van der Waals surface area contributed by atoms with Gasteiger partial charge in [-0.2, -0.15) is 10.5 Å². The quantitative estimate of drug-likeness (QED) is 0.636. The van der Waals surface area contributed by atoms with Crippen molar-refractivity contribution in [3.8, 4) is 23.6 Å². The van der Waals surface area contributed by atoms with Crippen molar-refractivity contribution in [1.82, 2.24) is 0 Å². The first kappa shape index (κ1) is 19.0. The highest BCUT2D eigenvalue weighted by atomic mass is 16.5. The highest BCUT2D eigenvalue weighted by Gasteiger charge is 2.13. The zero-order valence-corrected chi connectivity index (χ0v) is 15.9. The van der Waals surface area contributed by atoms with E-state index in [1.165, 1.54) is 0 Å². The molecule has 3 aromatic rings. The van der Waals surface area contributed by atoms with Crippen molar-refractivity contribution in [3.63, 3.8) is 0 Å². The number of hydrogen-bond donors (Lipinski definition) is 0. The predicted octanol–water partition coefficient (Wildman–Crippen LogP) is 4.63. The lowest BCUT2D eigenvalue weighted by Crippen LogP contribution is -2.00. The van der Waals surface area contributed by atoms with Gasteiger partial charge < -0.3 is 9.47 Å². The third-order valence-corrected chi connectivity index (χ3v) is 4.64. The van der Waals surface area contributed by atoms with Crippen LogP contribution in [-0.4, -0.2) is 14.2 Å². The first-order valence-electron chi connectivity index (χ1n) is 8.88. The molecule has 0 spiro atoms. The Morgan fingerprint density at radius 3 is 1.36 bits per heavy atom. The molecule has 0 fully saturated rings. The minimum Gasteiger partial charge on any atom is -0.496 e. The third-order valence-electron chi connectivity index (χ3n) is 4.64. The number of methoxy groups -OCH3 is 2. The molecule has 4 heteroatoms. The van der Waals surface area contributed by atoms with Crippen LogP contribution in [0.15, 0.2) is 60.7 Å². The van der Waals surface area contributed by atoms with Gasteiger partial charge in [0, 0.05) is 18.9 Å². The van der Waals surface area contributed by atoms with Crippen molar-refractivity contribution in [2.24, 2.45) is 0 Å². The number of nitriles is 2. The summed E-state index contributed by atoms with van der Waals surface area (Å²) < 4.78 is 11.1. The minimum absolute atomic E-state index is 0.645. The van der Waals surface area contributed by atoms with Gasteiger partial charge in [0.25, 0.3) is 0 Å². The van der Waals surface area contributed by atoms with E-state index in [2.05, 4.69) is 18.2 Å². The maximum atomic E-state index is 8.97. The summed E-state index contributed by atoms with van der Waals surface area (Å²) in [6.07, 6.45) is 1.39. The van der Waals surface area contributed by atoms with Crippen LogP contribution in [0.2, 0.25) is 0 Å². The Bertz CT molecular complexity index is 957. The third kappa shape index (κ3) is 4.31. The predicted molar refractivity (Wildman–Crippen MR) is 107 cm³/mol. The van der Waals surface area contributed by atoms with Crippen molar-refractivity contribution in [2.45, 2.75) is 12.8 Å². The van der Waals surface area contributed by atoms with Gasteiger partial charge in [-0.15, -0.1) is 0 Å². The van der Waals surface area contributed by atoms with Gasteiger partial charge in [-0.1, -0.05) is 24.3 Å². The second-order valence-electron chi connectivity index (χ2n) is 6.45. The van der Waals surface area contributed by atoms with Gasteiger partial charge in [0.2, 0.25) is 0 Å². The van der Waals surface area contributed by atoms with Crippen molar-refractivity contribution in [1.29, 1.82) is 10.5 Å². The minimum atomic E-state index is 0.645. The van der Waals surface area contributed by atoms with Gasteiger partial charge in [-0.25, -0.2) is 0 Å².